The molecular formula is C19H35N7O7. The summed E-state index contributed by atoms with van der Waals surface area (Å²) < 4.78 is 0. The third-order valence-electron chi connectivity index (χ3n) is 4.83. The minimum Gasteiger partial charge on any atom is -0.481 e. The lowest BCUT2D eigenvalue weighted by Crippen LogP contribution is -2.58. The molecule has 188 valence electrons. The molecule has 0 spiro atoms. The van der Waals surface area contributed by atoms with E-state index in [0.717, 1.165) is 0 Å². The lowest BCUT2D eigenvalue weighted by Gasteiger charge is -2.27. The lowest BCUT2D eigenvalue weighted by molar-refractivity contribution is -0.142. The van der Waals surface area contributed by atoms with Gasteiger partial charge in [0.05, 0.1) is 12.5 Å². The van der Waals surface area contributed by atoms with Crippen LogP contribution in [0.5, 0.6) is 0 Å². The van der Waals surface area contributed by atoms with Crippen LogP contribution >= 0.6 is 0 Å². The van der Waals surface area contributed by atoms with E-state index in [0.29, 0.717) is 6.42 Å². The van der Waals surface area contributed by atoms with E-state index in [9.17, 15) is 24.0 Å². The molecule has 11 N–H and O–H groups in total. The number of nitrogens with zero attached hydrogens (tertiary/aromatic N) is 1. The Bertz CT molecular complexity index is 740. The molecular weight excluding hydrogens is 438 g/mol. The van der Waals surface area contributed by atoms with Gasteiger partial charge in [0.2, 0.25) is 17.7 Å². The summed E-state index contributed by atoms with van der Waals surface area (Å²) >= 11 is 0. The summed E-state index contributed by atoms with van der Waals surface area (Å²) in [6, 6.07) is -4.80. The Morgan fingerprint density at radius 1 is 0.939 bits per heavy atom. The van der Waals surface area contributed by atoms with Crippen molar-refractivity contribution >= 4 is 35.6 Å². The van der Waals surface area contributed by atoms with Gasteiger partial charge in [-0.3, -0.25) is 29.0 Å². The highest BCUT2D eigenvalue weighted by molar-refractivity contribution is 5.94. The largest absolute Gasteiger partial charge is 0.481 e. The van der Waals surface area contributed by atoms with Crippen LogP contribution in [-0.2, 0) is 24.0 Å². The molecule has 0 aliphatic carbocycles. The molecule has 5 atom stereocenters. The third kappa shape index (κ3) is 11.7. The maximum atomic E-state index is 12.9. The van der Waals surface area contributed by atoms with Gasteiger partial charge in [0.25, 0.3) is 0 Å². The molecule has 0 rings (SSSR count). The highest BCUT2D eigenvalue weighted by atomic mass is 16.4. The number of nitrogens with one attached hydrogen (secondary N) is 3. The zero-order chi connectivity index (χ0) is 25.7. The first-order chi connectivity index (χ1) is 15.3. The van der Waals surface area contributed by atoms with Gasteiger partial charge in [-0.25, -0.2) is 0 Å². The van der Waals surface area contributed by atoms with Crippen molar-refractivity contribution in [1.29, 1.82) is 0 Å². The number of carbonyl (C=O) groups is 5. The van der Waals surface area contributed by atoms with Crippen molar-refractivity contribution < 1.29 is 34.2 Å². The summed E-state index contributed by atoms with van der Waals surface area (Å²) in [5.74, 6) is -5.31. The Kier molecular flexibility index (Phi) is 13.1. The van der Waals surface area contributed by atoms with Crippen LogP contribution in [0.2, 0.25) is 0 Å². The summed E-state index contributed by atoms with van der Waals surface area (Å²) in [4.78, 5) is 63.5. The number of amides is 3. The van der Waals surface area contributed by atoms with E-state index >= 15 is 0 Å². The summed E-state index contributed by atoms with van der Waals surface area (Å²) in [6.45, 7) is 4.93. The predicted molar refractivity (Wildman–Crippen MR) is 119 cm³/mol. The fraction of sp³-hybridized carbons (Fsp3) is 0.684. The number of rotatable bonds is 15. The SMILES string of the molecule is CCC(C)C(NC(=O)C(CCCN=C(N)N)NC(=O)C(N)CC(=O)O)C(=O)NC(C)C(=O)O. The van der Waals surface area contributed by atoms with Crippen molar-refractivity contribution in [3.63, 3.8) is 0 Å². The second-order valence-electron chi connectivity index (χ2n) is 7.65. The number of carboxylic acids is 2. The molecule has 33 heavy (non-hydrogen) atoms. The van der Waals surface area contributed by atoms with E-state index in [1.807, 2.05) is 0 Å². The molecule has 0 aromatic heterocycles. The van der Waals surface area contributed by atoms with Crippen LogP contribution in [0.1, 0.15) is 46.5 Å². The molecule has 0 fully saturated rings. The summed E-state index contributed by atoms with van der Waals surface area (Å²) in [5, 5.41) is 25.1. The quantitative estimate of drug-likeness (QED) is 0.0701. The third-order valence-corrected chi connectivity index (χ3v) is 4.83. The molecule has 0 heterocycles. The molecule has 0 bridgehead atoms. The smallest absolute Gasteiger partial charge is 0.325 e. The first kappa shape index (κ1) is 29.6. The molecule has 0 saturated heterocycles. The maximum absolute atomic E-state index is 12.9. The van der Waals surface area contributed by atoms with Crippen molar-refractivity contribution in [2.75, 3.05) is 6.54 Å². The Labute approximate surface area is 191 Å². The monoisotopic (exact) mass is 473 g/mol. The standard InChI is InChI=1S/C19H35N7O7/c1-4-9(2)14(17(31)24-10(3)18(32)33)26-16(30)12(6-5-7-23-19(21)22)25-15(29)11(20)8-13(27)28/h9-12,14H,4-8,20H2,1-3H3,(H,24,31)(H,25,29)(H,26,30)(H,27,28)(H,32,33)(H4,21,22,23). The van der Waals surface area contributed by atoms with E-state index in [4.69, 9.17) is 27.4 Å². The topological polar surface area (TPSA) is 252 Å². The Morgan fingerprint density at radius 3 is 2.03 bits per heavy atom. The number of carboxylic acid groups (broad SMARTS) is 2. The number of guanidine groups is 1. The highest BCUT2D eigenvalue weighted by Crippen LogP contribution is 2.10. The van der Waals surface area contributed by atoms with E-state index < -0.39 is 60.2 Å². The molecule has 0 saturated carbocycles. The van der Waals surface area contributed by atoms with E-state index in [-0.39, 0.29) is 31.3 Å². The summed E-state index contributed by atoms with van der Waals surface area (Å²) in [5.41, 5.74) is 16.1. The Morgan fingerprint density at radius 2 is 1.55 bits per heavy atom. The molecule has 14 heteroatoms. The Balaban J connectivity index is 5.52. The van der Waals surface area contributed by atoms with Crippen LogP contribution in [0.15, 0.2) is 4.99 Å². The van der Waals surface area contributed by atoms with Crippen molar-refractivity contribution in [3.8, 4) is 0 Å². The van der Waals surface area contributed by atoms with Gasteiger partial charge in [-0.2, -0.15) is 0 Å². The van der Waals surface area contributed by atoms with Crippen LogP contribution in [0.4, 0.5) is 0 Å². The summed E-state index contributed by atoms with van der Waals surface area (Å²) in [6.07, 6.45) is 0.194. The molecule has 14 nitrogen and oxygen atoms in total. The lowest BCUT2D eigenvalue weighted by atomic mass is 9.97. The predicted octanol–water partition coefficient (Wildman–Crippen LogP) is -2.55. The number of hydrogen-bond donors (Lipinski definition) is 8. The second-order valence-corrected chi connectivity index (χ2v) is 7.65. The van der Waals surface area contributed by atoms with Crippen molar-refractivity contribution in [3.05, 3.63) is 0 Å². The van der Waals surface area contributed by atoms with Gasteiger partial charge >= 0.3 is 11.9 Å². The van der Waals surface area contributed by atoms with Gasteiger partial charge in [0, 0.05) is 6.54 Å². The molecule has 3 amide bonds. The van der Waals surface area contributed by atoms with Crippen molar-refractivity contribution in [2.45, 2.75) is 70.6 Å². The molecule has 0 aliphatic heterocycles. The van der Waals surface area contributed by atoms with Gasteiger partial charge in [0.1, 0.15) is 18.1 Å². The number of carbonyl (C=O) groups excluding carboxylic acids is 3. The normalized spacial score (nSPS) is 15.2. The molecule has 0 aromatic rings. The second kappa shape index (κ2) is 14.6. The van der Waals surface area contributed by atoms with Crippen LogP contribution < -0.4 is 33.2 Å². The van der Waals surface area contributed by atoms with Gasteiger partial charge in [-0.1, -0.05) is 20.3 Å². The van der Waals surface area contributed by atoms with E-state index in [2.05, 4.69) is 20.9 Å². The van der Waals surface area contributed by atoms with Crippen molar-refractivity contribution in [2.24, 2.45) is 28.1 Å². The zero-order valence-corrected chi connectivity index (χ0v) is 19.0. The number of nitrogens with two attached hydrogens (primary N) is 3. The molecule has 0 aromatic carbocycles. The number of aliphatic carboxylic acids is 2. The van der Waals surface area contributed by atoms with E-state index in [1.165, 1.54) is 6.92 Å². The average molecular weight is 474 g/mol. The van der Waals surface area contributed by atoms with Crippen LogP contribution in [0.3, 0.4) is 0 Å². The van der Waals surface area contributed by atoms with E-state index in [1.54, 1.807) is 13.8 Å². The fourth-order valence-electron chi connectivity index (χ4n) is 2.65. The summed E-state index contributed by atoms with van der Waals surface area (Å²) in [7, 11) is 0. The number of aliphatic imine (C=N–C) groups is 1. The molecule has 0 aliphatic rings. The van der Waals surface area contributed by atoms with Crippen LogP contribution in [-0.4, -0.2) is 76.5 Å². The first-order valence-electron chi connectivity index (χ1n) is 10.5. The van der Waals surface area contributed by atoms with Crippen LogP contribution in [0.25, 0.3) is 0 Å². The first-order valence-corrected chi connectivity index (χ1v) is 10.5. The maximum Gasteiger partial charge on any atom is 0.325 e. The van der Waals surface area contributed by atoms with Crippen LogP contribution in [0, 0.1) is 5.92 Å². The molecule has 5 unspecified atom stereocenters. The van der Waals surface area contributed by atoms with Crippen molar-refractivity contribution in [1.82, 2.24) is 16.0 Å². The van der Waals surface area contributed by atoms with Gasteiger partial charge in [0.15, 0.2) is 5.96 Å². The minimum atomic E-state index is -1.39. The highest BCUT2D eigenvalue weighted by Gasteiger charge is 2.32. The molecule has 0 radical (unpaired) electrons. The van der Waals surface area contributed by atoms with Gasteiger partial charge in [-0.15, -0.1) is 0 Å². The zero-order valence-electron chi connectivity index (χ0n) is 19.0. The fourth-order valence-corrected chi connectivity index (χ4v) is 2.65. The van der Waals surface area contributed by atoms with Gasteiger partial charge < -0.3 is 43.4 Å². The number of hydrogen-bond acceptors (Lipinski definition) is 7. The Hall–Kier alpha value is -3.42. The average Bonchev–Trinajstić information content (AvgIpc) is 2.72. The minimum absolute atomic E-state index is 0.0640. The van der Waals surface area contributed by atoms with Gasteiger partial charge in [-0.05, 0) is 25.7 Å².